The van der Waals surface area contributed by atoms with Crippen LogP contribution in [0.2, 0.25) is 0 Å². The molecule has 0 aromatic carbocycles. The van der Waals surface area contributed by atoms with Crippen molar-refractivity contribution in [3.05, 3.63) is 0 Å². The van der Waals surface area contributed by atoms with E-state index in [1.165, 1.54) is 0 Å². The molecule has 10 heteroatoms. The van der Waals surface area contributed by atoms with Crippen molar-refractivity contribution in [1.82, 2.24) is 4.90 Å². The quantitative estimate of drug-likeness (QED) is 0.393. The van der Waals surface area contributed by atoms with Crippen LogP contribution in [0.25, 0.3) is 0 Å². The summed E-state index contributed by atoms with van der Waals surface area (Å²) >= 11 is 0. The molecule has 0 N–H and O–H groups in total. The maximum Gasteiger partial charge on any atom is 0.264 e. The second-order valence-electron chi connectivity index (χ2n) is 4.19. The number of nitrogens with zero attached hydrogens (tertiary/aromatic N) is 1. The average Bonchev–Trinajstić information content (AvgIpc) is 2.24. The van der Waals surface area contributed by atoms with Crippen molar-refractivity contribution < 1.29 is 25.2 Å². The highest BCUT2D eigenvalue weighted by Gasteiger charge is 2.06. The van der Waals surface area contributed by atoms with Crippen LogP contribution in [0.5, 0.6) is 0 Å². The van der Waals surface area contributed by atoms with E-state index in [1.807, 2.05) is 6.92 Å². The molecular formula is C10H24ClNO6S2. The molecule has 0 spiro atoms. The second kappa shape index (κ2) is 10.7. The van der Waals surface area contributed by atoms with E-state index in [1.54, 1.807) is 0 Å². The molecule has 0 aliphatic heterocycles. The summed E-state index contributed by atoms with van der Waals surface area (Å²) in [4.78, 5) is 2.08. The van der Waals surface area contributed by atoms with Crippen molar-refractivity contribution in [3.63, 3.8) is 0 Å². The van der Waals surface area contributed by atoms with Crippen molar-refractivity contribution in [2.24, 2.45) is 0 Å². The highest BCUT2D eigenvalue weighted by Crippen LogP contribution is 1.98. The summed E-state index contributed by atoms with van der Waals surface area (Å²) in [7, 11) is -6.74. The van der Waals surface area contributed by atoms with Gasteiger partial charge in [-0.2, -0.15) is 16.8 Å². The Morgan fingerprint density at radius 3 is 1.45 bits per heavy atom. The molecule has 7 nitrogen and oxygen atoms in total. The molecular weight excluding hydrogens is 330 g/mol. The highest BCUT2D eigenvalue weighted by atomic mass is 35.5. The summed E-state index contributed by atoms with van der Waals surface area (Å²) in [6.07, 6.45) is 3.25. The van der Waals surface area contributed by atoms with E-state index in [4.69, 9.17) is 0 Å². The van der Waals surface area contributed by atoms with Crippen LogP contribution in [0, 0.1) is 0 Å². The van der Waals surface area contributed by atoms with Gasteiger partial charge in [-0.05, 0) is 19.4 Å². The van der Waals surface area contributed by atoms with Crippen molar-refractivity contribution in [2.45, 2.75) is 19.8 Å². The molecule has 0 aromatic rings. The Morgan fingerprint density at radius 1 is 0.850 bits per heavy atom. The van der Waals surface area contributed by atoms with Gasteiger partial charge in [-0.15, -0.1) is 12.4 Å². The molecule has 0 amide bonds. The monoisotopic (exact) mass is 353 g/mol. The lowest BCUT2D eigenvalue weighted by atomic mass is 10.3. The van der Waals surface area contributed by atoms with Crippen LogP contribution in [0.15, 0.2) is 0 Å². The number of hydrogen-bond acceptors (Lipinski definition) is 7. The molecule has 0 aromatic heterocycles. The van der Waals surface area contributed by atoms with Crippen LogP contribution in [-0.4, -0.2) is 67.1 Å². The lowest BCUT2D eigenvalue weighted by molar-refractivity contribution is 0.224. The topological polar surface area (TPSA) is 90.0 Å². The Bertz CT molecular complexity index is 397. The van der Waals surface area contributed by atoms with E-state index in [0.717, 1.165) is 19.1 Å². The van der Waals surface area contributed by atoms with E-state index in [9.17, 15) is 16.8 Å². The molecule has 0 radical (unpaired) electrons. The molecule has 0 rings (SSSR count). The van der Waals surface area contributed by atoms with E-state index < -0.39 is 20.2 Å². The van der Waals surface area contributed by atoms with Gasteiger partial charge in [-0.25, -0.2) is 0 Å². The van der Waals surface area contributed by atoms with Crippen LogP contribution in [-0.2, 0) is 28.6 Å². The van der Waals surface area contributed by atoms with Crippen LogP contribution in [0.4, 0.5) is 0 Å². The third kappa shape index (κ3) is 16.1. The maximum absolute atomic E-state index is 10.7. The van der Waals surface area contributed by atoms with Crippen LogP contribution in [0.1, 0.15) is 19.8 Å². The molecule has 0 fully saturated rings. The minimum Gasteiger partial charge on any atom is -0.303 e. The van der Waals surface area contributed by atoms with E-state index >= 15 is 0 Å². The zero-order valence-electron chi connectivity index (χ0n) is 12.1. The van der Waals surface area contributed by atoms with Crippen LogP contribution >= 0.6 is 12.4 Å². The van der Waals surface area contributed by atoms with Crippen molar-refractivity contribution in [3.8, 4) is 0 Å². The van der Waals surface area contributed by atoms with E-state index in [2.05, 4.69) is 13.3 Å². The Labute approximate surface area is 128 Å². The summed E-state index contributed by atoms with van der Waals surface area (Å²) < 4.78 is 52.2. The van der Waals surface area contributed by atoms with Crippen LogP contribution in [0.3, 0.4) is 0 Å². The minimum absolute atomic E-state index is 0. The Kier molecular flexibility index (Phi) is 12.0. The molecule has 0 atom stereocenters. The summed E-state index contributed by atoms with van der Waals surface area (Å²) in [5, 5.41) is 0. The molecule has 0 aliphatic carbocycles. The third-order valence-corrected chi connectivity index (χ3v) is 3.47. The van der Waals surface area contributed by atoms with Crippen LogP contribution < -0.4 is 0 Å². The molecule has 0 heterocycles. The zero-order chi connectivity index (χ0) is 14.9. The van der Waals surface area contributed by atoms with Gasteiger partial charge in [-0.3, -0.25) is 8.37 Å². The van der Waals surface area contributed by atoms with E-state index in [0.29, 0.717) is 25.9 Å². The minimum atomic E-state index is -3.37. The van der Waals surface area contributed by atoms with Gasteiger partial charge in [0.15, 0.2) is 0 Å². The second-order valence-corrected chi connectivity index (χ2v) is 7.48. The molecule has 0 aliphatic rings. The van der Waals surface area contributed by atoms with E-state index in [-0.39, 0.29) is 25.6 Å². The van der Waals surface area contributed by atoms with Gasteiger partial charge in [0.25, 0.3) is 20.2 Å². The van der Waals surface area contributed by atoms with Gasteiger partial charge in [-0.1, -0.05) is 6.92 Å². The normalized spacial score (nSPS) is 12.4. The molecule has 0 unspecified atom stereocenters. The van der Waals surface area contributed by atoms with Crippen molar-refractivity contribution >= 4 is 32.6 Å². The first kappa shape index (κ1) is 22.4. The molecule has 124 valence electrons. The average molecular weight is 354 g/mol. The lowest BCUT2D eigenvalue weighted by Gasteiger charge is -2.19. The number of halogens is 1. The Balaban J connectivity index is 0. The molecule has 0 bridgehead atoms. The molecule has 0 saturated heterocycles. The summed E-state index contributed by atoms with van der Waals surface area (Å²) in [6.45, 7) is 4.51. The van der Waals surface area contributed by atoms with Gasteiger partial charge in [0.05, 0.1) is 25.7 Å². The Morgan fingerprint density at radius 2 is 1.20 bits per heavy atom. The first-order valence-electron chi connectivity index (χ1n) is 6.05. The SMILES string of the molecule is CCN(CCCOS(C)(=O)=O)CCCOS(C)(=O)=O.Cl. The smallest absolute Gasteiger partial charge is 0.264 e. The molecule has 0 saturated carbocycles. The fraction of sp³-hybridized carbons (Fsp3) is 1.00. The number of rotatable bonds is 11. The fourth-order valence-corrected chi connectivity index (χ4v) is 2.27. The first-order valence-corrected chi connectivity index (χ1v) is 9.68. The Hall–Kier alpha value is 0.0700. The largest absolute Gasteiger partial charge is 0.303 e. The summed E-state index contributed by atoms with van der Waals surface area (Å²) in [5.41, 5.74) is 0. The lowest BCUT2D eigenvalue weighted by Crippen LogP contribution is -2.27. The van der Waals surface area contributed by atoms with Gasteiger partial charge in [0, 0.05) is 13.1 Å². The first-order chi connectivity index (χ1) is 8.64. The predicted molar refractivity (Wildman–Crippen MR) is 80.2 cm³/mol. The molecule has 20 heavy (non-hydrogen) atoms. The van der Waals surface area contributed by atoms with Gasteiger partial charge in [0.2, 0.25) is 0 Å². The van der Waals surface area contributed by atoms with Crippen molar-refractivity contribution in [1.29, 1.82) is 0 Å². The van der Waals surface area contributed by atoms with Gasteiger partial charge >= 0.3 is 0 Å². The standard InChI is InChI=1S/C10H23NO6S2.ClH/c1-4-11(7-5-9-16-18(2,12)13)8-6-10-17-19(3,14)15;/h4-10H2,1-3H3;1H. The number of hydrogen-bond donors (Lipinski definition) is 0. The third-order valence-electron chi connectivity index (χ3n) is 2.28. The van der Waals surface area contributed by atoms with Crippen molar-refractivity contribution in [2.75, 3.05) is 45.4 Å². The zero-order valence-corrected chi connectivity index (χ0v) is 14.5. The summed E-state index contributed by atoms with van der Waals surface area (Å²) in [5.74, 6) is 0. The summed E-state index contributed by atoms with van der Waals surface area (Å²) in [6, 6.07) is 0. The maximum atomic E-state index is 10.7. The van der Waals surface area contributed by atoms with Gasteiger partial charge in [0.1, 0.15) is 0 Å². The fourth-order valence-electron chi connectivity index (χ4n) is 1.42. The van der Waals surface area contributed by atoms with Gasteiger partial charge < -0.3 is 4.90 Å². The highest BCUT2D eigenvalue weighted by molar-refractivity contribution is 7.86. The predicted octanol–water partition coefficient (Wildman–Crippen LogP) is 0.463.